The van der Waals surface area contributed by atoms with Crippen molar-refractivity contribution in [2.75, 3.05) is 0 Å². The first kappa shape index (κ1) is 20.2. The summed E-state index contributed by atoms with van der Waals surface area (Å²) >= 11 is 0. The number of carbonyl (C=O) groups is 1. The highest BCUT2D eigenvalue weighted by Gasteiger charge is 2.27. The Balaban J connectivity index is 1.40. The van der Waals surface area contributed by atoms with E-state index in [0.29, 0.717) is 11.4 Å². The molecule has 2 aromatic carbocycles. The lowest BCUT2D eigenvalue weighted by molar-refractivity contribution is 0.0945. The molecule has 0 saturated heterocycles. The first-order valence-corrected chi connectivity index (χ1v) is 10.9. The van der Waals surface area contributed by atoms with Crippen LogP contribution in [0.25, 0.3) is 5.69 Å². The molecule has 0 aliphatic heterocycles. The minimum Gasteiger partial charge on any atom is -0.347 e. The molecule has 4 rings (SSSR count). The van der Waals surface area contributed by atoms with E-state index in [1.54, 1.807) is 31.2 Å². The fourth-order valence-corrected chi connectivity index (χ4v) is 4.21. The van der Waals surface area contributed by atoms with E-state index in [0.717, 1.165) is 18.4 Å². The molecule has 1 saturated carbocycles. The molecule has 2 N–H and O–H groups in total. The molecule has 1 aromatic heterocycles. The summed E-state index contributed by atoms with van der Waals surface area (Å²) in [5, 5.41) is 10.6. The Labute approximate surface area is 173 Å². The highest BCUT2D eigenvalue weighted by molar-refractivity contribution is 7.89. The van der Waals surface area contributed by atoms with Gasteiger partial charge in [-0.05, 0) is 61.7 Å². The number of nitrogens with zero attached hydrogens (tertiary/aromatic N) is 3. The van der Waals surface area contributed by atoms with Crippen LogP contribution in [-0.4, -0.2) is 35.4 Å². The monoisotopic (exact) mass is 429 g/mol. The van der Waals surface area contributed by atoms with Gasteiger partial charge in [0.1, 0.15) is 5.82 Å². The van der Waals surface area contributed by atoms with Crippen LogP contribution in [0.3, 0.4) is 0 Å². The summed E-state index contributed by atoms with van der Waals surface area (Å²) < 4.78 is 41.6. The molecule has 10 heteroatoms. The van der Waals surface area contributed by atoms with Crippen LogP contribution in [0.1, 0.15) is 34.6 Å². The van der Waals surface area contributed by atoms with Gasteiger partial charge in [-0.25, -0.2) is 22.2 Å². The van der Waals surface area contributed by atoms with Crippen LogP contribution in [0.2, 0.25) is 0 Å². The molecule has 156 valence electrons. The molecule has 0 unspecified atom stereocenters. The van der Waals surface area contributed by atoms with E-state index in [2.05, 4.69) is 20.4 Å². The molecule has 3 aromatic rings. The zero-order valence-corrected chi connectivity index (χ0v) is 17.0. The van der Waals surface area contributed by atoms with Crippen molar-refractivity contribution in [1.82, 2.24) is 25.0 Å². The maximum atomic E-state index is 13.1. The Hall–Kier alpha value is -3.11. The normalized spacial score (nSPS) is 13.9. The third-order valence-electron chi connectivity index (χ3n) is 4.77. The standard InChI is InChI=1S/C20H20FN5O3S/c1-13-19(23-25-26(13)17-8-4-15(21)5-9-17)20(27)22-12-14-2-10-18(11-3-14)30(28,29)24-16-6-7-16/h2-5,8-11,16,24H,6-7,12H2,1H3,(H,22,27). The molecule has 0 atom stereocenters. The SMILES string of the molecule is Cc1c(C(=O)NCc2ccc(S(=O)(=O)NC3CC3)cc2)nnn1-c1ccc(F)cc1. The van der Waals surface area contributed by atoms with Gasteiger partial charge < -0.3 is 5.32 Å². The van der Waals surface area contributed by atoms with Crippen molar-refractivity contribution in [1.29, 1.82) is 0 Å². The zero-order valence-electron chi connectivity index (χ0n) is 16.2. The molecule has 8 nitrogen and oxygen atoms in total. The summed E-state index contributed by atoms with van der Waals surface area (Å²) in [5.74, 6) is -0.774. The van der Waals surface area contributed by atoms with Crippen LogP contribution < -0.4 is 10.0 Å². The average molecular weight is 429 g/mol. The quantitative estimate of drug-likeness (QED) is 0.598. The number of sulfonamides is 1. The van der Waals surface area contributed by atoms with Gasteiger partial charge in [-0.1, -0.05) is 17.3 Å². The number of hydrogen-bond donors (Lipinski definition) is 2. The predicted molar refractivity (Wildman–Crippen MR) is 107 cm³/mol. The number of carbonyl (C=O) groups excluding carboxylic acids is 1. The van der Waals surface area contributed by atoms with Gasteiger partial charge in [-0.3, -0.25) is 4.79 Å². The van der Waals surface area contributed by atoms with Crippen molar-refractivity contribution >= 4 is 15.9 Å². The first-order valence-electron chi connectivity index (χ1n) is 9.41. The lowest BCUT2D eigenvalue weighted by Crippen LogP contribution is -2.26. The van der Waals surface area contributed by atoms with E-state index >= 15 is 0 Å². The predicted octanol–water partition coefficient (Wildman–Crippen LogP) is 2.09. The second kappa shape index (κ2) is 7.96. The van der Waals surface area contributed by atoms with Crippen LogP contribution in [0.5, 0.6) is 0 Å². The van der Waals surface area contributed by atoms with Crippen molar-refractivity contribution in [3.63, 3.8) is 0 Å². The molecular weight excluding hydrogens is 409 g/mol. The number of hydrogen-bond acceptors (Lipinski definition) is 5. The minimum atomic E-state index is -3.50. The van der Waals surface area contributed by atoms with Gasteiger partial charge >= 0.3 is 0 Å². The van der Waals surface area contributed by atoms with E-state index in [-0.39, 0.29) is 29.0 Å². The van der Waals surface area contributed by atoms with Gasteiger partial charge in [-0.15, -0.1) is 5.10 Å². The molecule has 0 bridgehead atoms. The van der Waals surface area contributed by atoms with Crippen molar-refractivity contribution in [3.8, 4) is 5.69 Å². The van der Waals surface area contributed by atoms with Gasteiger partial charge in [-0.2, -0.15) is 0 Å². The van der Waals surface area contributed by atoms with Gasteiger partial charge in [0.05, 0.1) is 16.3 Å². The van der Waals surface area contributed by atoms with Crippen LogP contribution >= 0.6 is 0 Å². The van der Waals surface area contributed by atoms with Crippen molar-refractivity contribution < 1.29 is 17.6 Å². The summed E-state index contributed by atoms with van der Waals surface area (Å²) in [7, 11) is -3.50. The van der Waals surface area contributed by atoms with E-state index in [1.807, 2.05) is 0 Å². The molecule has 30 heavy (non-hydrogen) atoms. The second-order valence-electron chi connectivity index (χ2n) is 7.13. The summed E-state index contributed by atoms with van der Waals surface area (Å²) in [4.78, 5) is 12.7. The Morgan fingerprint density at radius 1 is 1.13 bits per heavy atom. The lowest BCUT2D eigenvalue weighted by atomic mass is 10.2. The summed E-state index contributed by atoms with van der Waals surface area (Å²) in [6, 6.07) is 12.1. The Bertz CT molecular complexity index is 1170. The third kappa shape index (κ3) is 4.39. The number of rotatable bonds is 7. The van der Waals surface area contributed by atoms with Gasteiger partial charge in [0, 0.05) is 12.6 Å². The van der Waals surface area contributed by atoms with Crippen molar-refractivity contribution in [2.24, 2.45) is 0 Å². The third-order valence-corrected chi connectivity index (χ3v) is 6.30. The molecule has 1 aliphatic rings. The summed E-state index contributed by atoms with van der Waals surface area (Å²) in [6.07, 6.45) is 1.74. The van der Waals surface area contributed by atoms with E-state index < -0.39 is 15.9 Å². The molecule has 0 radical (unpaired) electrons. The van der Waals surface area contributed by atoms with Crippen molar-refractivity contribution in [3.05, 3.63) is 71.3 Å². The van der Waals surface area contributed by atoms with Crippen LogP contribution in [0, 0.1) is 12.7 Å². The molecule has 1 heterocycles. The van der Waals surface area contributed by atoms with Gasteiger partial charge in [0.15, 0.2) is 5.69 Å². The smallest absolute Gasteiger partial charge is 0.274 e. The topological polar surface area (TPSA) is 106 Å². The zero-order chi connectivity index (χ0) is 21.3. The van der Waals surface area contributed by atoms with Crippen molar-refractivity contribution in [2.45, 2.75) is 37.2 Å². The van der Waals surface area contributed by atoms with E-state index in [1.165, 1.54) is 28.9 Å². The number of amides is 1. The molecule has 1 amide bonds. The number of aromatic nitrogens is 3. The molecule has 1 fully saturated rings. The Morgan fingerprint density at radius 3 is 2.43 bits per heavy atom. The fourth-order valence-electron chi connectivity index (χ4n) is 2.91. The summed E-state index contributed by atoms with van der Waals surface area (Å²) in [6.45, 7) is 1.91. The molecule has 0 spiro atoms. The van der Waals surface area contributed by atoms with Crippen LogP contribution in [-0.2, 0) is 16.6 Å². The van der Waals surface area contributed by atoms with Crippen LogP contribution in [0.15, 0.2) is 53.4 Å². The van der Waals surface area contributed by atoms with Gasteiger partial charge in [0.2, 0.25) is 10.0 Å². The van der Waals surface area contributed by atoms with Gasteiger partial charge in [0.25, 0.3) is 5.91 Å². The van der Waals surface area contributed by atoms with Crippen LogP contribution in [0.4, 0.5) is 4.39 Å². The number of nitrogens with one attached hydrogen (secondary N) is 2. The second-order valence-corrected chi connectivity index (χ2v) is 8.85. The summed E-state index contributed by atoms with van der Waals surface area (Å²) in [5.41, 5.74) is 2.02. The largest absolute Gasteiger partial charge is 0.347 e. The highest BCUT2D eigenvalue weighted by Crippen LogP contribution is 2.22. The Kier molecular flexibility index (Phi) is 5.35. The number of halogens is 1. The fraction of sp³-hybridized carbons (Fsp3) is 0.250. The first-order chi connectivity index (χ1) is 14.3. The van der Waals surface area contributed by atoms with E-state index in [9.17, 15) is 17.6 Å². The maximum absolute atomic E-state index is 13.1. The molecular formula is C20H20FN5O3S. The number of benzene rings is 2. The average Bonchev–Trinajstić information content (AvgIpc) is 3.45. The highest BCUT2D eigenvalue weighted by atomic mass is 32.2. The molecule has 1 aliphatic carbocycles. The lowest BCUT2D eigenvalue weighted by Gasteiger charge is -2.08. The van der Waals surface area contributed by atoms with E-state index in [4.69, 9.17) is 0 Å². The Morgan fingerprint density at radius 2 is 1.80 bits per heavy atom. The minimum absolute atomic E-state index is 0.0422. The maximum Gasteiger partial charge on any atom is 0.274 e.